The van der Waals surface area contributed by atoms with Crippen molar-refractivity contribution in [3.8, 4) is 0 Å². The Morgan fingerprint density at radius 3 is 2.88 bits per heavy atom. The van der Waals surface area contributed by atoms with Crippen LogP contribution in [0.15, 0.2) is 0 Å². The molecule has 5 heteroatoms. The molecule has 1 saturated carbocycles. The van der Waals surface area contributed by atoms with Gasteiger partial charge in [0.1, 0.15) is 0 Å². The Morgan fingerprint density at radius 1 is 1.56 bits per heavy atom. The molecule has 94 valence electrons. The average Bonchev–Trinajstić information content (AvgIpc) is 2.27. The number of methoxy groups -OCH3 is 1. The summed E-state index contributed by atoms with van der Waals surface area (Å²) in [5.74, 6) is -0.133. The first-order valence-electron chi connectivity index (χ1n) is 5.85. The quantitative estimate of drug-likeness (QED) is 0.601. The van der Waals surface area contributed by atoms with Gasteiger partial charge in [-0.1, -0.05) is 12.8 Å². The van der Waals surface area contributed by atoms with E-state index in [4.69, 9.17) is 10.5 Å². The number of nitrogens with two attached hydrogens (primary N) is 1. The Morgan fingerprint density at radius 2 is 2.25 bits per heavy atom. The minimum atomic E-state index is -0.645. The van der Waals surface area contributed by atoms with Gasteiger partial charge in [0.15, 0.2) is 0 Å². The zero-order valence-electron chi connectivity index (χ0n) is 9.82. The molecule has 0 aromatic heterocycles. The average molecular weight is 230 g/mol. The lowest BCUT2D eigenvalue weighted by molar-refractivity contribution is -0.127. The van der Waals surface area contributed by atoms with Gasteiger partial charge in [-0.3, -0.25) is 4.79 Å². The number of aliphatic hydroxyl groups is 1. The Kier molecular flexibility index (Phi) is 5.73. The number of carbonyl (C=O) groups is 1. The summed E-state index contributed by atoms with van der Waals surface area (Å²) >= 11 is 0. The lowest BCUT2D eigenvalue weighted by Crippen LogP contribution is -2.45. The summed E-state index contributed by atoms with van der Waals surface area (Å²) < 4.78 is 4.78. The van der Waals surface area contributed by atoms with Crippen LogP contribution in [0.3, 0.4) is 0 Å². The van der Waals surface area contributed by atoms with E-state index < -0.39 is 6.10 Å². The van der Waals surface area contributed by atoms with Crippen molar-refractivity contribution < 1.29 is 14.6 Å². The molecule has 0 heterocycles. The maximum atomic E-state index is 11.8. The fourth-order valence-electron chi connectivity index (χ4n) is 2.09. The van der Waals surface area contributed by atoms with Gasteiger partial charge in [0.25, 0.3) is 0 Å². The van der Waals surface area contributed by atoms with E-state index in [0.29, 0.717) is 0 Å². The van der Waals surface area contributed by atoms with Crippen LogP contribution in [0.25, 0.3) is 0 Å². The highest BCUT2D eigenvalue weighted by Crippen LogP contribution is 2.22. The summed E-state index contributed by atoms with van der Waals surface area (Å²) in [7, 11) is 1.52. The lowest BCUT2D eigenvalue weighted by Gasteiger charge is -2.27. The van der Waals surface area contributed by atoms with Crippen LogP contribution in [-0.4, -0.2) is 43.4 Å². The molecule has 0 aromatic carbocycles. The highest BCUT2D eigenvalue weighted by Gasteiger charge is 2.28. The van der Waals surface area contributed by atoms with Crippen molar-refractivity contribution in [2.24, 2.45) is 11.7 Å². The van der Waals surface area contributed by atoms with Crippen molar-refractivity contribution in [2.75, 3.05) is 20.3 Å². The van der Waals surface area contributed by atoms with Crippen LogP contribution in [-0.2, 0) is 9.53 Å². The fraction of sp³-hybridized carbons (Fsp3) is 0.909. The van der Waals surface area contributed by atoms with E-state index in [1.807, 2.05) is 0 Å². The van der Waals surface area contributed by atoms with Crippen molar-refractivity contribution in [3.63, 3.8) is 0 Å². The summed E-state index contributed by atoms with van der Waals surface area (Å²) in [4.78, 5) is 11.8. The topological polar surface area (TPSA) is 84.6 Å². The molecule has 0 radical (unpaired) electrons. The number of hydrogen-bond donors (Lipinski definition) is 3. The van der Waals surface area contributed by atoms with Gasteiger partial charge in [0, 0.05) is 19.7 Å². The molecule has 1 rings (SSSR count). The molecule has 1 amide bonds. The molecule has 3 atom stereocenters. The van der Waals surface area contributed by atoms with Gasteiger partial charge < -0.3 is 20.9 Å². The zero-order chi connectivity index (χ0) is 12.0. The van der Waals surface area contributed by atoms with Gasteiger partial charge in [-0.2, -0.15) is 0 Å². The number of amides is 1. The molecular formula is C11H22N2O3. The van der Waals surface area contributed by atoms with E-state index in [1.54, 1.807) is 0 Å². The fourth-order valence-corrected chi connectivity index (χ4v) is 2.09. The van der Waals surface area contributed by atoms with Gasteiger partial charge in [-0.25, -0.2) is 0 Å². The third-order valence-corrected chi connectivity index (χ3v) is 3.03. The number of nitrogens with one attached hydrogen (secondary N) is 1. The minimum absolute atomic E-state index is 0.0340. The summed E-state index contributed by atoms with van der Waals surface area (Å²) in [5.41, 5.74) is 5.90. The molecule has 1 aliphatic rings. The first-order valence-corrected chi connectivity index (χ1v) is 5.85. The Bertz CT molecular complexity index is 223. The van der Waals surface area contributed by atoms with Crippen LogP contribution >= 0.6 is 0 Å². The molecule has 0 aliphatic heterocycles. The first-order chi connectivity index (χ1) is 7.65. The number of ether oxygens (including phenoxy) is 1. The van der Waals surface area contributed by atoms with E-state index >= 15 is 0 Å². The predicted octanol–water partition coefficient (Wildman–Crippen LogP) is -0.373. The SMILES string of the molecule is COCC(O)CNC(=O)[C@@H]1CCCC[C@@H]1N. The molecule has 0 saturated heterocycles. The van der Waals surface area contributed by atoms with Crippen LogP contribution in [0.1, 0.15) is 25.7 Å². The number of aliphatic hydroxyl groups excluding tert-OH is 1. The van der Waals surface area contributed by atoms with Gasteiger partial charge in [-0.05, 0) is 12.8 Å². The predicted molar refractivity (Wildman–Crippen MR) is 60.8 cm³/mol. The lowest BCUT2D eigenvalue weighted by atomic mass is 9.84. The van der Waals surface area contributed by atoms with Crippen molar-refractivity contribution in [2.45, 2.75) is 37.8 Å². The normalized spacial score (nSPS) is 27.4. The standard InChI is InChI=1S/C11H22N2O3/c1-16-7-8(14)6-13-11(15)9-4-2-3-5-10(9)12/h8-10,14H,2-7,12H2,1H3,(H,13,15)/t8?,9-,10+/m1/s1. The second kappa shape index (κ2) is 6.83. The maximum Gasteiger partial charge on any atom is 0.224 e. The molecule has 5 nitrogen and oxygen atoms in total. The van der Waals surface area contributed by atoms with Crippen LogP contribution in [0.5, 0.6) is 0 Å². The molecule has 0 aromatic rings. The number of carbonyl (C=O) groups excluding carboxylic acids is 1. The van der Waals surface area contributed by atoms with Crippen molar-refractivity contribution in [3.05, 3.63) is 0 Å². The molecule has 1 unspecified atom stereocenters. The molecule has 1 aliphatic carbocycles. The number of rotatable bonds is 5. The van der Waals surface area contributed by atoms with Crippen molar-refractivity contribution >= 4 is 5.91 Å². The molecular weight excluding hydrogens is 208 g/mol. The van der Waals surface area contributed by atoms with E-state index in [0.717, 1.165) is 25.7 Å². The highest BCUT2D eigenvalue weighted by molar-refractivity contribution is 5.79. The molecule has 4 N–H and O–H groups in total. The van der Waals surface area contributed by atoms with E-state index in [1.165, 1.54) is 7.11 Å². The van der Waals surface area contributed by atoms with Crippen LogP contribution in [0.2, 0.25) is 0 Å². The van der Waals surface area contributed by atoms with Gasteiger partial charge in [0.2, 0.25) is 5.91 Å². The first kappa shape index (κ1) is 13.4. The van der Waals surface area contributed by atoms with E-state index in [2.05, 4.69) is 5.32 Å². The Labute approximate surface area is 96.3 Å². The van der Waals surface area contributed by atoms with E-state index in [9.17, 15) is 9.90 Å². The van der Waals surface area contributed by atoms with Gasteiger partial charge in [0.05, 0.1) is 18.6 Å². The highest BCUT2D eigenvalue weighted by atomic mass is 16.5. The molecule has 1 fully saturated rings. The van der Waals surface area contributed by atoms with Crippen LogP contribution < -0.4 is 11.1 Å². The monoisotopic (exact) mass is 230 g/mol. The van der Waals surface area contributed by atoms with E-state index in [-0.39, 0.29) is 31.0 Å². The molecule has 0 bridgehead atoms. The zero-order valence-corrected chi connectivity index (χ0v) is 9.82. The van der Waals surface area contributed by atoms with Crippen molar-refractivity contribution in [1.82, 2.24) is 5.32 Å². The van der Waals surface area contributed by atoms with Crippen molar-refractivity contribution in [1.29, 1.82) is 0 Å². The molecule has 16 heavy (non-hydrogen) atoms. The summed E-state index contributed by atoms with van der Waals surface area (Å²) in [6.45, 7) is 0.465. The summed E-state index contributed by atoms with van der Waals surface area (Å²) in [5, 5.41) is 12.1. The van der Waals surface area contributed by atoms with Gasteiger partial charge >= 0.3 is 0 Å². The summed E-state index contributed by atoms with van der Waals surface area (Å²) in [6.07, 6.45) is 3.30. The molecule has 0 spiro atoms. The third-order valence-electron chi connectivity index (χ3n) is 3.03. The second-order valence-electron chi connectivity index (χ2n) is 4.41. The largest absolute Gasteiger partial charge is 0.389 e. The second-order valence-corrected chi connectivity index (χ2v) is 4.41. The van der Waals surface area contributed by atoms with Crippen LogP contribution in [0.4, 0.5) is 0 Å². The Balaban J connectivity index is 2.28. The van der Waals surface area contributed by atoms with Crippen LogP contribution in [0, 0.1) is 5.92 Å². The summed E-state index contributed by atoms with van der Waals surface area (Å²) in [6, 6.07) is -0.0340. The third kappa shape index (κ3) is 4.08. The Hall–Kier alpha value is -0.650. The smallest absolute Gasteiger partial charge is 0.224 e. The minimum Gasteiger partial charge on any atom is -0.389 e. The number of hydrogen-bond acceptors (Lipinski definition) is 4. The van der Waals surface area contributed by atoms with Gasteiger partial charge in [-0.15, -0.1) is 0 Å². The maximum absolute atomic E-state index is 11.8.